The van der Waals surface area contributed by atoms with Gasteiger partial charge in [-0.2, -0.15) is 0 Å². The Morgan fingerprint density at radius 1 is 0.514 bits per heavy atom. The van der Waals surface area contributed by atoms with Gasteiger partial charge in [-0.3, -0.25) is 0 Å². The first kappa shape index (κ1) is 20.8. The highest BCUT2D eigenvalue weighted by Crippen LogP contribution is 2.37. The van der Waals surface area contributed by atoms with Gasteiger partial charge in [0, 0.05) is 28.9 Å². The minimum absolute atomic E-state index is 1.29. The summed E-state index contributed by atoms with van der Waals surface area (Å²) >= 11 is 0. The molecule has 37 heavy (non-hydrogen) atoms. The maximum absolute atomic E-state index is 2.58. The van der Waals surface area contributed by atoms with Crippen molar-refractivity contribution in [1.29, 1.82) is 0 Å². The maximum Gasteiger partial charge on any atom is 0.181 e. The fourth-order valence-corrected chi connectivity index (χ4v) is 12.3. The summed E-state index contributed by atoms with van der Waals surface area (Å²) in [5.74, 6) is 0. The van der Waals surface area contributed by atoms with E-state index < -0.39 is 8.07 Å². The molecule has 2 heterocycles. The van der Waals surface area contributed by atoms with Gasteiger partial charge in [0.15, 0.2) is 8.07 Å². The average molecular weight is 488 g/mol. The third kappa shape index (κ3) is 2.63. The van der Waals surface area contributed by atoms with Gasteiger partial charge in [0.05, 0.1) is 0 Å². The molecule has 0 N–H and O–H groups in total. The molecule has 0 radical (unpaired) electrons. The smallest absolute Gasteiger partial charge is 0.181 e. The summed E-state index contributed by atoms with van der Waals surface area (Å²) in [5, 5.41) is 11.3. The molecule has 0 unspecified atom stereocenters. The van der Waals surface area contributed by atoms with E-state index in [1.54, 1.807) is 0 Å². The maximum atomic E-state index is 2.42. The van der Waals surface area contributed by atoms with Crippen molar-refractivity contribution in [3.63, 3.8) is 0 Å². The van der Waals surface area contributed by atoms with Crippen LogP contribution in [0.5, 0.6) is 0 Å². The Morgan fingerprint density at radius 2 is 1.11 bits per heavy atom. The van der Waals surface area contributed by atoms with Crippen molar-refractivity contribution in [3.8, 4) is 11.1 Å². The molecule has 0 bridgehead atoms. The normalized spacial score (nSPS) is 13.8. The van der Waals surface area contributed by atoms with Gasteiger partial charge in [0.1, 0.15) is 0 Å². The number of fused-ring (bicyclic) bond motifs is 8. The van der Waals surface area contributed by atoms with Crippen LogP contribution in [0.15, 0.2) is 133 Å². The van der Waals surface area contributed by atoms with E-state index in [4.69, 9.17) is 0 Å². The molecule has 1 aromatic heterocycles. The molecule has 0 saturated heterocycles. The molecule has 0 atom stereocenters. The summed E-state index contributed by atoms with van der Waals surface area (Å²) in [6.07, 6.45) is 0. The first-order valence-corrected chi connectivity index (χ1v) is 14.9. The van der Waals surface area contributed by atoms with Gasteiger partial charge in [-0.05, 0) is 60.8 Å². The van der Waals surface area contributed by atoms with Gasteiger partial charge in [-0.15, -0.1) is 0 Å². The predicted molar refractivity (Wildman–Crippen MR) is 161 cm³/mol. The Kier molecular flexibility index (Phi) is 4.23. The van der Waals surface area contributed by atoms with Crippen molar-refractivity contribution >= 4 is 61.4 Å². The molecule has 1 aliphatic heterocycles. The fraction of sp³-hybridized carbons (Fsp3) is 0.0286. The number of benzene rings is 6. The van der Waals surface area contributed by atoms with Crippen LogP contribution in [-0.4, -0.2) is 12.6 Å². The van der Waals surface area contributed by atoms with Gasteiger partial charge in [-0.25, -0.2) is 0 Å². The summed E-state index contributed by atoms with van der Waals surface area (Å²) in [4.78, 5) is 0. The van der Waals surface area contributed by atoms with Gasteiger partial charge in [0.2, 0.25) is 0 Å². The lowest BCUT2D eigenvalue weighted by atomic mass is 10.0. The second-order valence-corrected chi connectivity index (χ2v) is 13.9. The van der Waals surface area contributed by atoms with Gasteiger partial charge in [-0.1, -0.05) is 115 Å². The molecular weight excluding hydrogens is 462 g/mol. The summed E-state index contributed by atoms with van der Waals surface area (Å²) < 4.78 is 2.40. The van der Waals surface area contributed by atoms with Crippen molar-refractivity contribution in [3.05, 3.63) is 133 Å². The summed E-state index contributed by atoms with van der Waals surface area (Å²) in [6, 6.07) is 50.0. The minimum Gasteiger partial charge on any atom is -0.344 e. The Labute approximate surface area is 217 Å². The van der Waals surface area contributed by atoms with Crippen LogP contribution >= 0.6 is 0 Å². The molecule has 0 spiro atoms. The van der Waals surface area contributed by atoms with Crippen molar-refractivity contribution < 1.29 is 0 Å². The van der Waals surface area contributed by atoms with Crippen molar-refractivity contribution in [2.24, 2.45) is 7.05 Å². The molecule has 0 fully saturated rings. The molecule has 0 amide bonds. The zero-order valence-electron chi connectivity index (χ0n) is 20.6. The molecule has 6 aromatic carbocycles. The highest BCUT2D eigenvalue weighted by Gasteiger charge is 2.50. The first-order chi connectivity index (χ1) is 18.3. The van der Waals surface area contributed by atoms with E-state index in [2.05, 4.69) is 145 Å². The topological polar surface area (TPSA) is 4.93 Å². The van der Waals surface area contributed by atoms with Crippen LogP contribution < -0.4 is 20.7 Å². The standard InChI is InChI=1S/C35H25NSi/c1-36-31-21-20-29-28-18-10-11-19-33(28)37(26-14-4-2-5-15-26,27-16-6-3-7-17-27)35(29)34(31)30-22-24-12-8-9-13-25(24)23-32(30)36/h2-23H,1H3. The first-order valence-electron chi connectivity index (χ1n) is 12.9. The van der Waals surface area contributed by atoms with Gasteiger partial charge in [0.25, 0.3) is 0 Å². The average Bonchev–Trinajstić information content (AvgIpc) is 3.42. The van der Waals surface area contributed by atoms with Crippen LogP contribution in [0.2, 0.25) is 0 Å². The summed E-state index contributed by atoms with van der Waals surface area (Å²) in [6.45, 7) is 0. The zero-order chi connectivity index (χ0) is 24.6. The zero-order valence-corrected chi connectivity index (χ0v) is 21.6. The van der Waals surface area contributed by atoms with Gasteiger partial charge < -0.3 is 4.57 Å². The lowest BCUT2D eigenvalue weighted by Crippen LogP contribution is -2.72. The second kappa shape index (κ2) is 7.55. The number of rotatable bonds is 2. The van der Waals surface area contributed by atoms with E-state index in [9.17, 15) is 0 Å². The highest BCUT2D eigenvalue weighted by atomic mass is 28.3. The molecular formula is C35H25NSi. The minimum atomic E-state index is -2.58. The Bertz CT molecular complexity index is 1940. The summed E-state index contributed by atoms with van der Waals surface area (Å²) in [5.41, 5.74) is 5.38. The predicted octanol–water partition coefficient (Wildman–Crippen LogP) is 5.84. The Hall–Kier alpha value is -4.40. The van der Waals surface area contributed by atoms with Crippen LogP contribution in [0.3, 0.4) is 0 Å². The van der Waals surface area contributed by atoms with E-state index in [-0.39, 0.29) is 0 Å². The number of hydrogen-bond donors (Lipinski definition) is 0. The second-order valence-electron chi connectivity index (χ2n) is 10.2. The third-order valence-electron chi connectivity index (χ3n) is 8.45. The molecule has 7 aromatic rings. The fourth-order valence-electron chi connectivity index (χ4n) is 6.92. The quantitative estimate of drug-likeness (QED) is 0.270. The highest BCUT2D eigenvalue weighted by molar-refractivity contribution is 7.23. The lowest BCUT2D eigenvalue weighted by molar-refractivity contribution is 1.02. The lowest BCUT2D eigenvalue weighted by Gasteiger charge is -2.32. The molecule has 0 aliphatic carbocycles. The molecule has 8 rings (SSSR count). The molecule has 1 aliphatic rings. The van der Waals surface area contributed by atoms with E-state index in [1.165, 1.54) is 64.5 Å². The van der Waals surface area contributed by atoms with Crippen LogP contribution in [0.4, 0.5) is 0 Å². The SMILES string of the molecule is Cn1c2cc3ccccc3cc2c2c3c(ccc21)-c1ccccc1[Si]3(c1ccccc1)c1ccccc1. The number of aromatic nitrogens is 1. The van der Waals surface area contributed by atoms with Gasteiger partial charge >= 0.3 is 0 Å². The van der Waals surface area contributed by atoms with Crippen LogP contribution in [-0.2, 0) is 7.05 Å². The van der Waals surface area contributed by atoms with Crippen molar-refractivity contribution in [2.75, 3.05) is 0 Å². The number of aryl methyl sites for hydroxylation is 1. The number of hydrogen-bond acceptors (Lipinski definition) is 0. The van der Waals surface area contributed by atoms with Crippen LogP contribution in [0.25, 0.3) is 43.7 Å². The third-order valence-corrected chi connectivity index (χ3v) is 13.4. The molecule has 174 valence electrons. The van der Waals surface area contributed by atoms with Crippen LogP contribution in [0, 0.1) is 0 Å². The number of nitrogens with zero attached hydrogens (tertiary/aromatic N) is 1. The molecule has 1 nitrogen and oxygen atoms in total. The van der Waals surface area contributed by atoms with Crippen molar-refractivity contribution in [2.45, 2.75) is 0 Å². The van der Waals surface area contributed by atoms with E-state index in [1.807, 2.05) is 0 Å². The Balaban J connectivity index is 1.65. The molecule has 2 heteroatoms. The van der Waals surface area contributed by atoms with Crippen molar-refractivity contribution in [1.82, 2.24) is 4.57 Å². The van der Waals surface area contributed by atoms with E-state index in [0.29, 0.717) is 0 Å². The van der Waals surface area contributed by atoms with E-state index >= 15 is 0 Å². The Morgan fingerprint density at radius 3 is 1.81 bits per heavy atom. The van der Waals surface area contributed by atoms with E-state index in [0.717, 1.165) is 0 Å². The largest absolute Gasteiger partial charge is 0.344 e. The summed E-state index contributed by atoms with van der Waals surface area (Å²) in [7, 11) is -0.351. The molecule has 0 saturated carbocycles. The van der Waals surface area contributed by atoms with Crippen LogP contribution in [0.1, 0.15) is 0 Å². The monoisotopic (exact) mass is 487 g/mol.